The molecule has 0 aliphatic carbocycles. The van der Waals surface area contributed by atoms with Gasteiger partial charge in [0, 0.05) is 18.2 Å². The van der Waals surface area contributed by atoms with Gasteiger partial charge in [-0.2, -0.15) is 0 Å². The van der Waals surface area contributed by atoms with E-state index in [1.165, 1.54) is 25.9 Å². The molecular formula is C15H19N3O. The third kappa shape index (κ3) is 2.40. The van der Waals surface area contributed by atoms with Crippen molar-refractivity contribution in [3.63, 3.8) is 0 Å². The first-order valence-corrected chi connectivity index (χ1v) is 6.86. The van der Waals surface area contributed by atoms with Crippen LogP contribution in [0.25, 0.3) is 5.52 Å². The molecule has 1 fully saturated rings. The highest BCUT2D eigenvalue weighted by Crippen LogP contribution is 2.21. The van der Waals surface area contributed by atoms with Crippen LogP contribution < -0.4 is 0 Å². The molecule has 1 saturated heterocycles. The Morgan fingerprint density at radius 2 is 2.21 bits per heavy atom. The summed E-state index contributed by atoms with van der Waals surface area (Å²) in [5, 5.41) is 0. The lowest BCUT2D eigenvalue weighted by atomic mass is 9.93. The number of piperidine rings is 1. The minimum atomic E-state index is 0.710. The third-order valence-electron chi connectivity index (χ3n) is 4.12. The zero-order valence-electron chi connectivity index (χ0n) is 11.2. The van der Waals surface area contributed by atoms with Gasteiger partial charge in [-0.15, -0.1) is 0 Å². The maximum atomic E-state index is 11.0. The Morgan fingerprint density at radius 3 is 2.95 bits per heavy atom. The maximum Gasteiger partial charge on any atom is 0.152 e. The van der Waals surface area contributed by atoms with Gasteiger partial charge in [-0.05, 0) is 51.0 Å². The van der Waals surface area contributed by atoms with Crippen LogP contribution >= 0.6 is 0 Å². The van der Waals surface area contributed by atoms with Crippen LogP contribution in [0.15, 0.2) is 24.5 Å². The molecule has 4 heteroatoms. The molecule has 2 aromatic heterocycles. The standard InChI is InChI=1S/C15H19N3O/c1-17-7-4-12(5-8-17)9-15-16-10-14-13(11-19)3-2-6-18(14)15/h2-3,6,10-12H,4-5,7-9H2,1H3. The van der Waals surface area contributed by atoms with Gasteiger partial charge in [0.05, 0.1) is 11.7 Å². The minimum absolute atomic E-state index is 0.710. The van der Waals surface area contributed by atoms with Crippen molar-refractivity contribution < 1.29 is 4.79 Å². The van der Waals surface area contributed by atoms with Crippen LogP contribution in [0.1, 0.15) is 29.0 Å². The first-order chi connectivity index (χ1) is 9.28. The molecule has 0 radical (unpaired) electrons. The van der Waals surface area contributed by atoms with Gasteiger partial charge in [-0.3, -0.25) is 4.79 Å². The number of aldehydes is 1. The molecule has 2 aromatic rings. The van der Waals surface area contributed by atoms with Gasteiger partial charge < -0.3 is 9.30 Å². The van der Waals surface area contributed by atoms with E-state index >= 15 is 0 Å². The molecule has 0 aromatic carbocycles. The second kappa shape index (κ2) is 5.13. The van der Waals surface area contributed by atoms with Gasteiger partial charge >= 0.3 is 0 Å². The molecule has 3 heterocycles. The Morgan fingerprint density at radius 1 is 1.42 bits per heavy atom. The second-order valence-corrected chi connectivity index (χ2v) is 5.46. The van der Waals surface area contributed by atoms with E-state index < -0.39 is 0 Å². The van der Waals surface area contributed by atoms with E-state index in [0.29, 0.717) is 11.5 Å². The highest BCUT2D eigenvalue weighted by Gasteiger charge is 2.19. The van der Waals surface area contributed by atoms with E-state index in [-0.39, 0.29) is 0 Å². The molecule has 0 amide bonds. The van der Waals surface area contributed by atoms with Crippen LogP contribution in [0, 0.1) is 5.92 Å². The SMILES string of the molecule is CN1CCC(Cc2ncc3c(C=O)cccn23)CC1. The van der Waals surface area contributed by atoms with Crippen LogP contribution in [0.4, 0.5) is 0 Å². The third-order valence-corrected chi connectivity index (χ3v) is 4.12. The summed E-state index contributed by atoms with van der Waals surface area (Å²) in [7, 11) is 2.18. The van der Waals surface area contributed by atoms with Crippen LogP contribution in [-0.2, 0) is 6.42 Å². The summed E-state index contributed by atoms with van der Waals surface area (Å²) in [4.78, 5) is 17.9. The molecular weight excluding hydrogens is 238 g/mol. The van der Waals surface area contributed by atoms with Crippen LogP contribution in [-0.4, -0.2) is 40.7 Å². The topological polar surface area (TPSA) is 37.6 Å². The molecule has 4 nitrogen and oxygen atoms in total. The number of hydrogen-bond acceptors (Lipinski definition) is 3. The summed E-state index contributed by atoms with van der Waals surface area (Å²) < 4.78 is 2.06. The molecule has 1 aliphatic rings. The van der Waals surface area contributed by atoms with Crippen molar-refractivity contribution in [2.75, 3.05) is 20.1 Å². The lowest BCUT2D eigenvalue weighted by Gasteiger charge is -2.28. The maximum absolute atomic E-state index is 11.0. The molecule has 0 atom stereocenters. The summed E-state index contributed by atoms with van der Waals surface area (Å²) in [6.45, 7) is 2.35. The predicted molar refractivity (Wildman–Crippen MR) is 74.5 cm³/mol. The largest absolute Gasteiger partial charge is 0.306 e. The lowest BCUT2D eigenvalue weighted by Crippen LogP contribution is -2.31. The summed E-state index contributed by atoms with van der Waals surface area (Å²) in [6, 6.07) is 3.75. The van der Waals surface area contributed by atoms with Crippen LogP contribution in [0.5, 0.6) is 0 Å². The van der Waals surface area contributed by atoms with Gasteiger partial charge in [-0.1, -0.05) is 0 Å². The number of imidazole rings is 1. The monoisotopic (exact) mass is 257 g/mol. The molecule has 0 spiro atoms. The first kappa shape index (κ1) is 12.4. The van der Waals surface area contributed by atoms with Gasteiger partial charge in [0.2, 0.25) is 0 Å². The fourth-order valence-corrected chi connectivity index (χ4v) is 2.87. The Bertz CT molecular complexity index is 582. The number of fused-ring (bicyclic) bond motifs is 1. The summed E-state index contributed by atoms with van der Waals surface area (Å²) in [6.07, 6.45) is 8.19. The molecule has 0 N–H and O–H groups in total. The zero-order valence-corrected chi connectivity index (χ0v) is 11.2. The Kier molecular flexibility index (Phi) is 3.34. The van der Waals surface area contributed by atoms with Crippen molar-refractivity contribution in [2.45, 2.75) is 19.3 Å². The van der Waals surface area contributed by atoms with Crippen molar-refractivity contribution in [3.05, 3.63) is 35.9 Å². The average molecular weight is 257 g/mol. The fraction of sp³-hybridized carbons (Fsp3) is 0.467. The van der Waals surface area contributed by atoms with Gasteiger partial charge in [0.25, 0.3) is 0 Å². The van der Waals surface area contributed by atoms with E-state index in [0.717, 1.165) is 24.0 Å². The number of rotatable bonds is 3. The molecule has 0 bridgehead atoms. The highest BCUT2D eigenvalue weighted by molar-refractivity contribution is 5.85. The molecule has 3 rings (SSSR count). The summed E-state index contributed by atoms with van der Waals surface area (Å²) in [5.74, 6) is 1.79. The quantitative estimate of drug-likeness (QED) is 0.790. The van der Waals surface area contributed by atoms with E-state index in [4.69, 9.17) is 0 Å². The first-order valence-electron chi connectivity index (χ1n) is 6.86. The Hall–Kier alpha value is -1.68. The smallest absolute Gasteiger partial charge is 0.152 e. The number of hydrogen-bond donors (Lipinski definition) is 0. The molecule has 0 unspecified atom stereocenters. The number of likely N-dealkylation sites (tertiary alicyclic amines) is 1. The van der Waals surface area contributed by atoms with Crippen LogP contribution in [0.2, 0.25) is 0 Å². The second-order valence-electron chi connectivity index (χ2n) is 5.46. The van der Waals surface area contributed by atoms with Gasteiger partial charge in [-0.25, -0.2) is 4.98 Å². The average Bonchev–Trinajstić information content (AvgIpc) is 2.84. The van der Waals surface area contributed by atoms with E-state index in [1.54, 1.807) is 0 Å². The number of aromatic nitrogens is 2. The number of carbonyl (C=O) groups is 1. The van der Waals surface area contributed by atoms with E-state index in [1.807, 2.05) is 24.5 Å². The summed E-state index contributed by atoms with van der Waals surface area (Å²) >= 11 is 0. The van der Waals surface area contributed by atoms with Crippen molar-refractivity contribution in [1.29, 1.82) is 0 Å². The normalized spacial score (nSPS) is 17.9. The lowest BCUT2D eigenvalue weighted by molar-refractivity contribution is 0.112. The Balaban J connectivity index is 1.83. The Labute approximate surface area is 113 Å². The van der Waals surface area contributed by atoms with Gasteiger partial charge in [0.15, 0.2) is 6.29 Å². The fourth-order valence-electron chi connectivity index (χ4n) is 2.87. The highest BCUT2D eigenvalue weighted by atomic mass is 16.1. The number of nitrogens with zero attached hydrogens (tertiary/aromatic N) is 3. The number of carbonyl (C=O) groups excluding carboxylic acids is 1. The van der Waals surface area contributed by atoms with Crippen molar-refractivity contribution in [2.24, 2.45) is 5.92 Å². The molecule has 0 saturated carbocycles. The summed E-state index contributed by atoms with van der Waals surface area (Å²) in [5.41, 5.74) is 1.63. The van der Waals surface area contributed by atoms with Crippen LogP contribution in [0.3, 0.4) is 0 Å². The predicted octanol–water partition coefficient (Wildman–Crippen LogP) is 2.03. The minimum Gasteiger partial charge on any atom is -0.306 e. The molecule has 19 heavy (non-hydrogen) atoms. The van der Waals surface area contributed by atoms with Crippen molar-refractivity contribution in [3.8, 4) is 0 Å². The number of pyridine rings is 1. The molecule has 1 aliphatic heterocycles. The van der Waals surface area contributed by atoms with E-state index in [9.17, 15) is 4.79 Å². The molecule has 100 valence electrons. The zero-order chi connectivity index (χ0) is 13.2. The van der Waals surface area contributed by atoms with Crippen molar-refractivity contribution in [1.82, 2.24) is 14.3 Å². The van der Waals surface area contributed by atoms with Crippen molar-refractivity contribution >= 4 is 11.8 Å². The van der Waals surface area contributed by atoms with E-state index in [2.05, 4.69) is 21.3 Å². The van der Waals surface area contributed by atoms with Gasteiger partial charge in [0.1, 0.15) is 5.82 Å².